The van der Waals surface area contributed by atoms with Crippen LogP contribution in [0.4, 0.5) is 0 Å². The van der Waals surface area contributed by atoms with E-state index < -0.39 is 0 Å². The standard InChI is InChI=1S/C18H21N3O2/c1-14(2)9-11-23-17-7-5-16(6-8-17)18(22)21-20-13-15-4-3-10-19-12-15/h3-8,10,12-14H,9,11H2,1-2H3,(H,21,22). The number of hydrazone groups is 1. The van der Waals surface area contributed by atoms with Gasteiger partial charge in [-0.2, -0.15) is 5.10 Å². The molecule has 0 radical (unpaired) electrons. The van der Waals surface area contributed by atoms with Crippen LogP contribution >= 0.6 is 0 Å². The highest BCUT2D eigenvalue weighted by Crippen LogP contribution is 2.13. The number of amides is 1. The predicted molar refractivity (Wildman–Crippen MR) is 90.7 cm³/mol. The second kappa shape index (κ2) is 8.68. The summed E-state index contributed by atoms with van der Waals surface area (Å²) in [6, 6.07) is 10.7. The Morgan fingerprint density at radius 3 is 2.74 bits per heavy atom. The Kier molecular flexibility index (Phi) is 6.29. The number of nitrogens with zero attached hydrogens (tertiary/aromatic N) is 2. The average Bonchev–Trinajstić information content (AvgIpc) is 2.56. The van der Waals surface area contributed by atoms with Crippen LogP contribution in [0.1, 0.15) is 36.2 Å². The summed E-state index contributed by atoms with van der Waals surface area (Å²) in [6.07, 6.45) is 5.90. The smallest absolute Gasteiger partial charge is 0.271 e. The quantitative estimate of drug-likeness (QED) is 0.630. The Balaban J connectivity index is 1.84. The van der Waals surface area contributed by atoms with Crippen molar-refractivity contribution in [3.8, 4) is 5.75 Å². The topological polar surface area (TPSA) is 63.6 Å². The normalized spacial score (nSPS) is 10.9. The number of hydrogen-bond acceptors (Lipinski definition) is 4. The van der Waals surface area contributed by atoms with Crippen molar-refractivity contribution in [2.24, 2.45) is 11.0 Å². The van der Waals surface area contributed by atoms with Gasteiger partial charge in [0.2, 0.25) is 0 Å². The molecule has 5 nitrogen and oxygen atoms in total. The fourth-order valence-electron chi connectivity index (χ4n) is 1.80. The van der Waals surface area contributed by atoms with E-state index in [1.165, 1.54) is 0 Å². The van der Waals surface area contributed by atoms with E-state index in [-0.39, 0.29) is 5.91 Å². The Hall–Kier alpha value is -2.69. The van der Waals surface area contributed by atoms with Gasteiger partial charge < -0.3 is 4.74 Å². The minimum Gasteiger partial charge on any atom is -0.494 e. The Labute approximate surface area is 136 Å². The van der Waals surface area contributed by atoms with Crippen LogP contribution in [0, 0.1) is 5.92 Å². The van der Waals surface area contributed by atoms with Gasteiger partial charge in [-0.1, -0.05) is 19.9 Å². The van der Waals surface area contributed by atoms with Gasteiger partial charge in [-0.25, -0.2) is 5.43 Å². The van der Waals surface area contributed by atoms with Crippen molar-refractivity contribution in [3.63, 3.8) is 0 Å². The minimum atomic E-state index is -0.265. The molecule has 0 unspecified atom stereocenters. The maximum Gasteiger partial charge on any atom is 0.271 e. The third-order valence-electron chi connectivity index (χ3n) is 3.14. The first-order valence-electron chi connectivity index (χ1n) is 7.61. The fourth-order valence-corrected chi connectivity index (χ4v) is 1.80. The van der Waals surface area contributed by atoms with E-state index >= 15 is 0 Å². The van der Waals surface area contributed by atoms with E-state index in [0.717, 1.165) is 17.7 Å². The molecule has 2 rings (SSSR count). The molecule has 120 valence electrons. The van der Waals surface area contributed by atoms with Crippen molar-refractivity contribution >= 4 is 12.1 Å². The van der Waals surface area contributed by atoms with Crippen LogP contribution in [-0.2, 0) is 0 Å². The molecule has 0 saturated heterocycles. The fraction of sp³-hybridized carbons (Fsp3) is 0.278. The third-order valence-corrected chi connectivity index (χ3v) is 3.14. The van der Waals surface area contributed by atoms with Gasteiger partial charge >= 0.3 is 0 Å². The summed E-state index contributed by atoms with van der Waals surface area (Å²) < 4.78 is 5.62. The number of hydrogen-bond donors (Lipinski definition) is 1. The van der Waals surface area contributed by atoms with E-state index in [4.69, 9.17) is 4.74 Å². The number of rotatable bonds is 7. The van der Waals surface area contributed by atoms with E-state index in [9.17, 15) is 4.79 Å². The lowest BCUT2D eigenvalue weighted by molar-refractivity contribution is 0.0955. The monoisotopic (exact) mass is 311 g/mol. The lowest BCUT2D eigenvalue weighted by Gasteiger charge is -2.08. The molecule has 0 saturated carbocycles. The molecule has 0 fully saturated rings. The number of ether oxygens (including phenoxy) is 1. The van der Waals surface area contributed by atoms with Crippen LogP contribution in [-0.4, -0.2) is 23.7 Å². The number of nitrogens with one attached hydrogen (secondary N) is 1. The molecule has 0 bridgehead atoms. The van der Waals surface area contributed by atoms with Crippen molar-refractivity contribution in [1.82, 2.24) is 10.4 Å². The van der Waals surface area contributed by atoms with Crippen LogP contribution in [0.15, 0.2) is 53.9 Å². The molecular formula is C18H21N3O2. The van der Waals surface area contributed by atoms with Gasteiger partial charge in [-0.3, -0.25) is 9.78 Å². The lowest BCUT2D eigenvalue weighted by atomic mass is 10.1. The Morgan fingerprint density at radius 1 is 1.30 bits per heavy atom. The summed E-state index contributed by atoms with van der Waals surface area (Å²) >= 11 is 0. The van der Waals surface area contributed by atoms with Gasteiger partial charge in [0.1, 0.15) is 5.75 Å². The van der Waals surface area contributed by atoms with Crippen LogP contribution in [0.3, 0.4) is 0 Å². The van der Waals surface area contributed by atoms with Crippen LogP contribution in [0.5, 0.6) is 5.75 Å². The van der Waals surface area contributed by atoms with Crippen molar-refractivity contribution in [2.75, 3.05) is 6.61 Å². The Morgan fingerprint density at radius 2 is 2.09 bits per heavy atom. The first kappa shape index (κ1) is 16.7. The summed E-state index contributed by atoms with van der Waals surface area (Å²) in [5.74, 6) is 1.11. The predicted octanol–water partition coefficient (Wildman–Crippen LogP) is 3.27. The molecule has 1 aromatic heterocycles. The zero-order chi connectivity index (χ0) is 16.5. The molecule has 0 aliphatic carbocycles. The van der Waals surface area contributed by atoms with Gasteiger partial charge in [-0.15, -0.1) is 0 Å². The van der Waals surface area contributed by atoms with Crippen LogP contribution in [0.25, 0.3) is 0 Å². The van der Waals surface area contributed by atoms with E-state index in [1.54, 1.807) is 48.9 Å². The largest absolute Gasteiger partial charge is 0.494 e. The summed E-state index contributed by atoms with van der Waals surface area (Å²) in [5, 5.41) is 3.91. The van der Waals surface area contributed by atoms with Crippen molar-refractivity contribution in [1.29, 1.82) is 0 Å². The number of aromatic nitrogens is 1. The molecule has 5 heteroatoms. The van der Waals surface area contributed by atoms with Gasteiger partial charge in [0.15, 0.2) is 0 Å². The highest BCUT2D eigenvalue weighted by molar-refractivity contribution is 5.94. The SMILES string of the molecule is CC(C)CCOc1ccc(C(=O)NN=Cc2cccnc2)cc1. The number of pyridine rings is 1. The molecule has 0 atom stereocenters. The molecular weight excluding hydrogens is 290 g/mol. The zero-order valence-electron chi connectivity index (χ0n) is 13.4. The first-order valence-corrected chi connectivity index (χ1v) is 7.61. The number of carbonyl (C=O) groups is 1. The lowest BCUT2D eigenvalue weighted by Crippen LogP contribution is -2.17. The maximum atomic E-state index is 12.0. The summed E-state index contributed by atoms with van der Waals surface area (Å²) in [7, 11) is 0. The second-order valence-electron chi connectivity index (χ2n) is 5.54. The minimum absolute atomic E-state index is 0.265. The summed E-state index contributed by atoms with van der Waals surface area (Å²) in [6.45, 7) is 4.99. The van der Waals surface area contributed by atoms with Crippen molar-refractivity contribution in [2.45, 2.75) is 20.3 Å². The van der Waals surface area contributed by atoms with Gasteiger partial charge in [0.25, 0.3) is 5.91 Å². The van der Waals surface area contributed by atoms with Crippen LogP contribution < -0.4 is 10.2 Å². The molecule has 1 N–H and O–H groups in total. The van der Waals surface area contributed by atoms with Gasteiger partial charge in [0, 0.05) is 23.5 Å². The van der Waals surface area contributed by atoms with Crippen LogP contribution in [0.2, 0.25) is 0 Å². The maximum absolute atomic E-state index is 12.0. The van der Waals surface area contributed by atoms with E-state index in [0.29, 0.717) is 18.1 Å². The molecule has 0 aliphatic heterocycles. The third kappa shape index (κ3) is 5.90. The zero-order valence-corrected chi connectivity index (χ0v) is 13.4. The Bertz CT molecular complexity index is 637. The molecule has 2 aromatic rings. The van der Waals surface area contributed by atoms with Crippen molar-refractivity contribution in [3.05, 3.63) is 59.9 Å². The molecule has 23 heavy (non-hydrogen) atoms. The highest BCUT2D eigenvalue weighted by Gasteiger charge is 2.04. The average molecular weight is 311 g/mol. The first-order chi connectivity index (χ1) is 11.1. The number of benzene rings is 1. The molecule has 0 spiro atoms. The summed E-state index contributed by atoms with van der Waals surface area (Å²) in [4.78, 5) is 15.9. The molecule has 1 amide bonds. The highest BCUT2D eigenvalue weighted by atomic mass is 16.5. The second-order valence-corrected chi connectivity index (χ2v) is 5.54. The van der Waals surface area contributed by atoms with Gasteiger partial charge in [0.05, 0.1) is 12.8 Å². The van der Waals surface area contributed by atoms with Crippen molar-refractivity contribution < 1.29 is 9.53 Å². The van der Waals surface area contributed by atoms with Gasteiger partial charge in [-0.05, 0) is 42.7 Å². The van der Waals surface area contributed by atoms with E-state index in [1.807, 2.05) is 6.07 Å². The number of carbonyl (C=O) groups excluding carboxylic acids is 1. The van der Waals surface area contributed by atoms with E-state index in [2.05, 4.69) is 29.4 Å². The molecule has 0 aliphatic rings. The summed E-state index contributed by atoms with van der Waals surface area (Å²) in [5.41, 5.74) is 3.84. The molecule has 1 heterocycles. The molecule has 1 aromatic carbocycles.